The van der Waals surface area contributed by atoms with Crippen LogP contribution in [0.15, 0.2) is 17.4 Å². The number of urea groups is 1. The maximum Gasteiger partial charge on any atom is 0.324 e. The summed E-state index contributed by atoms with van der Waals surface area (Å²) in [7, 11) is 3.44. The molecular weight excluding hydrogens is 467 g/mol. The van der Waals surface area contributed by atoms with E-state index in [2.05, 4.69) is 20.7 Å². The average Bonchev–Trinajstić information content (AvgIpc) is 3.18. The minimum Gasteiger partial charge on any atom is -0.354 e. The second kappa shape index (κ2) is 9.01. The Hall–Kier alpha value is -2.38. The Morgan fingerprint density at radius 2 is 2.07 bits per heavy atom. The lowest BCUT2D eigenvalue weighted by Crippen LogP contribution is -2.56. The zero-order chi connectivity index (χ0) is 18.7. The van der Waals surface area contributed by atoms with E-state index in [1.54, 1.807) is 36.1 Å². The number of hydrogen-bond donors (Lipinski definition) is 2. The number of hydrogen-bond acceptors (Lipinski definition) is 5. The largest absolute Gasteiger partial charge is 0.354 e. The van der Waals surface area contributed by atoms with Gasteiger partial charge in [-0.05, 0) is 0 Å². The number of aromatic nitrogens is 2. The Morgan fingerprint density at radius 3 is 2.63 bits per heavy atom. The van der Waals surface area contributed by atoms with E-state index in [9.17, 15) is 14.4 Å². The van der Waals surface area contributed by atoms with Crippen LogP contribution in [0.3, 0.4) is 0 Å². The van der Waals surface area contributed by atoms with Gasteiger partial charge in [0.05, 0.1) is 18.4 Å². The van der Waals surface area contributed by atoms with E-state index in [0.29, 0.717) is 25.6 Å². The number of aryl methyl sites for hydroxylation is 1. The van der Waals surface area contributed by atoms with Crippen LogP contribution in [0.5, 0.6) is 0 Å². The van der Waals surface area contributed by atoms with Crippen molar-refractivity contribution in [3.05, 3.63) is 12.4 Å². The van der Waals surface area contributed by atoms with Gasteiger partial charge in [0.2, 0.25) is 11.8 Å². The van der Waals surface area contributed by atoms with Crippen molar-refractivity contribution in [3.63, 3.8) is 0 Å². The van der Waals surface area contributed by atoms with E-state index < -0.39 is 0 Å². The second-order valence-electron chi connectivity index (χ2n) is 6.02. The van der Waals surface area contributed by atoms with E-state index >= 15 is 0 Å². The molecule has 2 aliphatic heterocycles. The predicted octanol–water partition coefficient (Wildman–Crippen LogP) is -1.19. The molecule has 0 aromatic carbocycles. The molecule has 2 aliphatic rings. The molecule has 148 valence electrons. The molecule has 0 bridgehead atoms. The van der Waals surface area contributed by atoms with Crippen LogP contribution in [0.2, 0.25) is 0 Å². The quantitative estimate of drug-likeness (QED) is 0.238. The molecule has 3 rings (SSSR count). The normalized spacial score (nSPS) is 17.9. The third kappa shape index (κ3) is 4.67. The molecule has 1 aromatic heterocycles. The predicted molar refractivity (Wildman–Crippen MR) is 109 cm³/mol. The molecule has 11 nitrogen and oxygen atoms in total. The first-order valence-electron chi connectivity index (χ1n) is 8.32. The molecule has 0 unspecified atom stereocenters. The van der Waals surface area contributed by atoms with Gasteiger partial charge in [-0.1, -0.05) is 0 Å². The summed E-state index contributed by atoms with van der Waals surface area (Å²) < 4.78 is 1.66. The molecule has 0 spiro atoms. The van der Waals surface area contributed by atoms with E-state index in [1.807, 2.05) is 4.90 Å². The SMILES string of the molecule is CN=C(NCCN1C(=O)CNC1=O)N1CCN(c2cnn(C)c2)C(=O)C1.I. The van der Waals surface area contributed by atoms with Crippen molar-refractivity contribution < 1.29 is 14.4 Å². The summed E-state index contributed by atoms with van der Waals surface area (Å²) in [5.74, 6) is 0.282. The van der Waals surface area contributed by atoms with Crippen molar-refractivity contribution in [3.8, 4) is 0 Å². The first-order valence-corrected chi connectivity index (χ1v) is 8.32. The molecule has 0 aliphatic carbocycles. The maximum atomic E-state index is 12.5. The van der Waals surface area contributed by atoms with Gasteiger partial charge in [0, 0.05) is 46.5 Å². The molecule has 0 radical (unpaired) electrons. The van der Waals surface area contributed by atoms with Gasteiger partial charge < -0.3 is 20.4 Å². The summed E-state index contributed by atoms with van der Waals surface area (Å²) in [6, 6.07) is -0.382. The summed E-state index contributed by atoms with van der Waals surface area (Å²) in [5, 5.41) is 9.67. The van der Waals surface area contributed by atoms with Crippen LogP contribution in [-0.4, -0.2) is 89.7 Å². The highest BCUT2D eigenvalue weighted by molar-refractivity contribution is 14.0. The van der Waals surface area contributed by atoms with Gasteiger partial charge in [0.15, 0.2) is 5.96 Å². The number of nitrogens with zero attached hydrogens (tertiary/aromatic N) is 6. The van der Waals surface area contributed by atoms with Gasteiger partial charge in [0.25, 0.3) is 0 Å². The van der Waals surface area contributed by atoms with Crippen molar-refractivity contribution in [2.45, 2.75) is 0 Å². The average molecular weight is 490 g/mol. The van der Waals surface area contributed by atoms with E-state index in [1.165, 1.54) is 0 Å². The Bertz CT molecular complexity index is 733. The molecule has 2 fully saturated rings. The zero-order valence-electron chi connectivity index (χ0n) is 15.2. The molecule has 0 atom stereocenters. The lowest BCUT2D eigenvalue weighted by Gasteiger charge is -2.35. The maximum absolute atomic E-state index is 12.5. The van der Waals surface area contributed by atoms with Gasteiger partial charge in [0.1, 0.15) is 6.54 Å². The van der Waals surface area contributed by atoms with Crippen molar-refractivity contribution >= 4 is 53.5 Å². The zero-order valence-corrected chi connectivity index (χ0v) is 17.5. The van der Waals surface area contributed by atoms with Crippen molar-refractivity contribution in [1.82, 2.24) is 30.2 Å². The number of amides is 4. The Balaban J connectivity index is 0.00000261. The van der Waals surface area contributed by atoms with Crippen LogP contribution in [-0.2, 0) is 16.6 Å². The number of carbonyl (C=O) groups is 3. The highest BCUT2D eigenvalue weighted by Crippen LogP contribution is 2.16. The minimum atomic E-state index is -0.382. The molecular formula is C15H23IN8O3. The van der Waals surface area contributed by atoms with Crippen LogP contribution >= 0.6 is 24.0 Å². The number of imide groups is 1. The van der Waals surface area contributed by atoms with Crippen molar-refractivity contribution in [2.24, 2.45) is 12.0 Å². The Kier molecular flexibility index (Phi) is 6.98. The number of carbonyl (C=O) groups excluding carboxylic acids is 3. The third-order valence-corrected chi connectivity index (χ3v) is 4.29. The van der Waals surface area contributed by atoms with Crippen molar-refractivity contribution in [2.75, 3.05) is 51.2 Å². The number of guanidine groups is 1. The van der Waals surface area contributed by atoms with Gasteiger partial charge in [-0.15, -0.1) is 24.0 Å². The molecule has 3 heterocycles. The summed E-state index contributed by atoms with van der Waals surface area (Å²) in [6.07, 6.45) is 3.47. The van der Waals surface area contributed by atoms with E-state index in [4.69, 9.17) is 0 Å². The number of rotatable bonds is 4. The fourth-order valence-electron chi connectivity index (χ4n) is 2.97. The van der Waals surface area contributed by atoms with Crippen LogP contribution in [0.4, 0.5) is 10.5 Å². The van der Waals surface area contributed by atoms with Crippen LogP contribution in [0.25, 0.3) is 0 Å². The number of halogens is 1. The van der Waals surface area contributed by atoms with E-state index in [0.717, 1.165) is 10.6 Å². The summed E-state index contributed by atoms with van der Waals surface area (Å²) in [4.78, 5) is 44.4. The lowest BCUT2D eigenvalue weighted by atomic mass is 10.3. The van der Waals surface area contributed by atoms with Crippen molar-refractivity contribution in [1.29, 1.82) is 0 Å². The van der Waals surface area contributed by atoms with Gasteiger partial charge >= 0.3 is 6.03 Å². The fraction of sp³-hybridized carbons (Fsp3) is 0.533. The lowest BCUT2D eigenvalue weighted by molar-refractivity contribution is -0.125. The minimum absolute atomic E-state index is 0. The van der Waals surface area contributed by atoms with Crippen LogP contribution in [0, 0.1) is 0 Å². The first-order chi connectivity index (χ1) is 12.5. The van der Waals surface area contributed by atoms with Crippen LogP contribution in [0.1, 0.15) is 0 Å². The monoisotopic (exact) mass is 490 g/mol. The number of aliphatic imine (C=N–C) groups is 1. The molecule has 4 amide bonds. The topological polar surface area (TPSA) is 115 Å². The highest BCUT2D eigenvalue weighted by atomic mass is 127. The molecule has 27 heavy (non-hydrogen) atoms. The highest BCUT2D eigenvalue weighted by Gasteiger charge is 2.29. The van der Waals surface area contributed by atoms with Gasteiger partial charge in [-0.2, -0.15) is 5.10 Å². The smallest absolute Gasteiger partial charge is 0.324 e. The summed E-state index contributed by atoms with van der Waals surface area (Å²) in [6.45, 7) is 1.98. The number of piperazine rings is 1. The Morgan fingerprint density at radius 1 is 1.30 bits per heavy atom. The number of anilines is 1. The Labute approximate surface area is 173 Å². The standard InChI is InChI=1S/C15H22N8O3.HI/c1-16-14(17-3-4-23-12(24)8-18-15(23)26)21-5-6-22(13(25)10-21)11-7-19-20(2)9-11;/h7,9H,3-6,8,10H2,1-2H3,(H,16,17)(H,18,26);1H. The molecule has 2 saturated heterocycles. The molecule has 12 heteroatoms. The summed E-state index contributed by atoms with van der Waals surface area (Å²) in [5.41, 5.74) is 0.777. The fourth-order valence-corrected chi connectivity index (χ4v) is 2.97. The summed E-state index contributed by atoms with van der Waals surface area (Å²) >= 11 is 0. The first kappa shape index (κ1) is 20.9. The number of nitrogens with one attached hydrogen (secondary N) is 2. The van der Waals surface area contributed by atoms with E-state index in [-0.39, 0.29) is 61.5 Å². The third-order valence-electron chi connectivity index (χ3n) is 4.29. The molecule has 1 aromatic rings. The second-order valence-corrected chi connectivity index (χ2v) is 6.02. The molecule has 2 N–H and O–H groups in total. The molecule has 0 saturated carbocycles. The van der Waals surface area contributed by atoms with Gasteiger partial charge in [-0.25, -0.2) is 4.79 Å². The van der Waals surface area contributed by atoms with Crippen LogP contribution < -0.4 is 15.5 Å². The van der Waals surface area contributed by atoms with Gasteiger partial charge in [-0.3, -0.25) is 24.2 Å².